The van der Waals surface area contributed by atoms with E-state index in [-0.39, 0.29) is 16.5 Å². The molecule has 0 atom stereocenters. The van der Waals surface area contributed by atoms with Crippen molar-refractivity contribution < 1.29 is 8.53 Å². The van der Waals surface area contributed by atoms with Crippen molar-refractivity contribution in [2.75, 3.05) is 0 Å². The summed E-state index contributed by atoms with van der Waals surface area (Å²) in [6.45, 7) is 10.6. The molecule has 3 aromatic heterocycles. The van der Waals surface area contributed by atoms with Crippen molar-refractivity contribution in [1.82, 2.24) is 9.97 Å². The summed E-state index contributed by atoms with van der Waals surface area (Å²) in [5.74, 6) is 0. The first-order chi connectivity index (χ1) is 17.2. The van der Waals surface area contributed by atoms with Crippen LogP contribution in [-0.2, 0) is 10.8 Å². The summed E-state index contributed by atoms with van der Waals surface area (Å²) in [7, 11) is 0. The molecule has 0 saturated carbocycles. The van der Waals surface area contributed by atoms with Crippen molar-refractivity contribution in [3.05, 3.63) is 83.7 Å². The molecule has 3 heteroatoms. The number of furan rings is 1. The molecule has 3 nitrogen and oxygen atoms in total. The van der Waals surface area contributed by atoms with E-state index in [1.54, 1.807) is 6.07 Å². The maximum atomic E-state index is 8.06. The van der Waals surface area contributed by atoms with Gasteiger partial charge in [0.05, 0.1) is 5.69 Å². The number of fused-ring (bicyclic) bond motifs is 3. The van der Waals surface area contributed by atoms with Gasteiger partial charge in [0.25, 0.3) is 0 Å². The second kappa shape index (κ2) is 7.80. The lowest BCUT2D eigenvalue weighted by Gasteiger charge is -2.19. The fourth-order valence-corrected chi connectivity index (χ4v) is 4.32. The molecular weight excluding hydrogens is 416 g/mol. The Bertz CT molecular complexity index is 1600. The first-order valence-electron chi connectivity index (χ1n) is 13.2. The molecule has 0 aliphatic heterocycles. The molecule has 2 aromatic carbocycles. The van der Waals surface area contributed by atoms with Crippen molar-refractivity contribution in [2.45, 2.75) is 59.2 Å². The molecule has 0 aliphatic rings. The maximum Gasteiger partial charge on any atom is 0.161 e. The SMILES string of the molecule is [2H]C([2H])([2H])c1cc2c(oc3c(-c4ccc(C(C)(C)C)cn4)cccc32)c(-c2ccc(C(C)(C)C)cc2)n1. The van der Waals surface area contributed by atoms with Crippen LogP contribution in [0, 0.1) is 6.85 Å². The van der Waals surface area contributed by atoms with Crippen molar-refractivity contribution in [1.29, 1.82) is 0 Å². The monoisotopic (exact) mass is 451 g/mol. The molecule has 0 bridgehead atoms. The Kier molecular flexibility index (Phi) is 4.34. The Morgan fingerprint density at radius 3 is 2.09 bits per heavy atom. The number of benzene rings is 2. The standard InChI is InChI=1S/C31H32N2O/c1-19-17-25-23-9-8-10-24(26-16-15-22(18-32-26)31(5,6)7)28(23)34-29(25)27(33-19)20-11-13-21(14-12-20)30(2,3)4/h8-18H,1-7H3/i1D3. The minimum Gasteiger partial charge on any atom is -0.453 e. The van der Waals surface area contributed by atoms with Gasteiger partial charge in [-0.05, 0) is 47.0 Å². The number of aryl methyl sites for hydroxylation is 1. The third-order valence-corrected chi connectivity index (χ3v) is 6.41. The van der Waals surface area contributed by atoms with Gasteiger partial charge in [-0.2, -0.15) is 0 Å². The number of hydrogen-bond donors (Lipinski definition) is 0. The van der Waals surface area contributed by atoms with Crippen LogP contribution in [0.1, 0.15) is 62.5 Å². The van der Waals surface area contributed by atoms with Crippen LogP contribution in [0.15, 0.2) is 71.3 Å². The molecule has 0 spiro atoms. The molecule has 5 rings (SSSR count). The van der Waals surface area contributed by atoms with Crippen LogP contribution in [-0.4, -0.2) is 9.97 Å². The van der Waals surface area contributed by atoms with E-state index < -0.39 is 6.85 Å². The lowest BCUT2D eigenvalue weighted by Crippen LogP contribution is -2.11. The summed E-state index contributed by atoms with van der Waals surface area (Å²) >= 11 is 0. The molecule has 0 amide bonds. The number of hydrogen-bond acceptors (Lipinski definition) is 3. The highest BCUT2D eigenvalue weighted by Crippen LogP contribution is 2.39. The van der Waals surface area contributed by atoms with Gasteiger partial charge in [0, 0.05) is 37.9 Å². The van der Waals surface area contributed by atoms with Crippen molar-refractivity contribution >= 4 is 21.9 Å². The highest BCUT2D eigenvalue weighted by molar-refractivity contribution is 6.12. The molecule has 0 fully saturated rings. The summed E-state index contributed by atoms with van der Waals surface area (Å²) in [5, 5.41) is 1.58. The predicted molar refractivity (Wildman–Crippen MR) is 142 cm³/mol. The zero-order valence-electron chi connectivity index (χ0n) is 23.7. The van der Waals surface area contributed by atoms with E-state index in [1.807, 2.05) is 42.6 Å². The third kappa shape index (κ3) is 3.90. The van der Waals surface area contributed by atoms with Gasteiger partial charge in [-0.25, -0.2) is 4.98 Å². The lowest BCUT2D eigenvalue weighted by atomic mass is 9.86. The fourth-order valence-electron chi connectivity index (χ4n) is 4.32. The molecule has 0 saturated heterocycles. The zero-order valence-corrected chi connectivity index (χ0v) is 20.7. The van der Waals surface area contributed by atoms with Gasteiger partial charge in [-0.1, -0.05) is 84.0 Å². The topological polar surface area (TPSA) is 38.9 Å². The third-order valence-electron chi connectivity index (χ3n) is 6.41. The first-order valence-corrected chi connectivity index (χ1v) is 11.7. The highest BCUT2D eigenvalue weighted by atomic mass is 16.3. The molecule has 5 aromatic rings. The number of rotatable bonds is 2. The summed E-state index contributed by atoms with van der Waals surface area (Å²) in [6, 6.07) is 19.8. The van der Waals surface area contributed by atoms with Crippen LogP contribution in [0.25, 0.3) is 44.5 Å². The average molecular weight is 452 g/mol. The van der Waals surface area contributed by atoms with Crippen molar-refractivity contribution in [3.8, 4) is 22.5 Å². The maximum absolute atomic E-state index is 8.06. The van der Waals surface area contributed by atoms with Gasteiger partial charge in [-0.3, -0.25) is 4.98 Å². The molecular formula is C31H32N2O. The Hall–Kier alpha value is -3.46. The van der Waals surface area contributed by atoms with Gasteiger partial charge in [0.1, 0.15) is 11.3 Å². The molecule has 0 radical (unpaired) electrons. The van der Waals surface area contributed by atoms with E-state index in [0.717, 1.165) is 33.2 Å². The van der Waals surface area contributed by atoms with E-state index in [4.69, 9.17) is 13.5 Å². The zero-order chi connectivity index (χ0) is 26.8. The highest BCUT2D eigenvalue weighted by Gasteiger charge is 2.20. The van der Waals surface area contributed by atoms with Gasteiger partial charge in [-0.15, -0.1) is 0 Å². The number of para-hydroxylation sites is 1. The predicted octanol–water partition coefficient (Wildman–Crippen LogP) is 8.61. The smallest absolute Gasteiger partial charge is 0.161 e. The van der Waals surface area contributed by atoms with Crippen LogP contribution in [0.2, 0.25) is 0 Å². The molecule has 0 aliphatic carbocycles. The summed E-state index contributed by atoms with van der Waals surface area (Å²) in [6.07, 6.45) is 1.91. The van der Waals surface area contributed by atoms with Crippen molar-refractivity contribution in [3.63, 3.8) is 0 Å². The van der Waals surface area contributed by atoms with Crippen LogP contribution in [0.3, 0.4) is 0 Å². The van der Waals surface area contributed by atoms with E-state index in [9.17, 15) is 0 Å². The molecule has 0 N–H and O–H groups in total. The minimum atomic E-state index is -2.35. The van der Waals surface area contributed by atoms with E-state index >= 15 is 0 Å². The van der Waals surface area contributed by atoms with Crippen LogP contribution in [0.5, 0.6) is 0 Å². The molecule has 172 valence electrons. The van der Waals surface area contributed by atoms with Crippen molar-refractivity contribution in [2.24, 2.45) is 0 Å². The first kappa shape index (κ1) is 18.9. The summed E-state index contributed by atoms with van der Waals surface area (Å²) in [5.41, 5.74) is 6.66. The lowest BCUT2D eigenvalue weighted by molar-refractivity contribution is 0.587. The van der Waals surface area contributed by atoms with Gasteiger partial charge in [0.2, 0.25) is 0 Å². The number of aromatic nitrogens is 2. The Balaban J connectivity index is 1.75. The normalized spacial score (nSPS) is 14.2. The van der Waals surface area contributed by atoms with Crippen LogP contribution < -0.4 is 0 Å². The Morgan fingerprint density at radius 1 is 0.765 bits per heavy atom. The van der Waals surface area contributed by atoms with Gasteiger partial charge in [0.15, 0.2) is 5.58 Å². The quantitative estimate of drug-likeness (QED) is 0.270. The number of nitrogens with zero attached hydrogens (tertiary/aromatic N) is 2. The minimum absolute atomic E-state index is 0.00558. The molecule has 3 heterocycles. The van der Waals surface area contributed by atoms with Gasteiger partial charge < -0.3 is 4.42 Å². The average Bonchev–Trinajstić information content (AvgIpc) is 3.21. The summed E-state index contributed by atoms with van der Waals surface area (Å²) in [4.78, 5) is 9.34. The largest absolute Gasteiger partial charge is 0.453 e. The Labute approximate surface area is 206 Å². The van der Waals surface area contributed by atoms with Crippen LogP contribution in [0.4, 0.5) is 0 Å². The number of pyridine rings is 2. The molecule has 34 heavy (non-hydrogen) atoms. The van der Waals surface area contributed by atoms with Gasteiger partial charge >= 0.3 is 0 Å². The fraction of sp³-hybridized carbons (Fsp3) is 0.290. The van der Waals surface area contributed by atoms with E-state index in [0.29, 0.717) is 16.9 Å². The second-order valence-corrected chi connectivity index (χ2v) is 11.0. The summed E-state index contributed by atoms with van der Waals surface area (Å²) < 4.78 is 30.7. The second-order valence-electron chi connectivity index (χ2n) is 11.0. The Morgan fingerprint density at radius 2 is 1.47 bits per heavy atom. The van der Waals surface area contributed by atoms with E-state index in [1.165, 1.54) is 5.56 Å². The van der Waals surface area contributed by atoms with Crippen LogP contribution >= 0.6 is 0 Å². The van der Waals surface area contributed by atoms with E-state index in [2.05, 4.69) is 64.7 Å². The molecule has 0 unspecified atom stereocenters.